The van der Waals surface area contributed by atoms with Crippen molar-refractivity contribution in [2.24, 2.45) is 5.92 Å². The predicted octanol–water partition coefficient (Wildman–Crippen LogP) is 6.54. The molecule has 1 fully saturated rings. The van der Waals surface area contributed by atoms with E-state index in [0.717, 1.165) is 16.7 Å². The topological polar surface area (TPSA) is 105 Å². The number of nitrogens with two attached hydrogens (primary N) is 1. The van der Waals surface area contributed by atoms with Crippen molar-refractivity contribution in [2.45, 2.75) is 23.7 Å². The van der Waals surface area contributed by atoms with Crippen molar-refractivity contribution in [1.82, 2.24) is 19.5 Å². The molecule has 0 unspecified atom stereocenters. The van der Waals surface area contributed by atoms with Crippen molar-refractivity contribution in [3.05, 3.63) is 156 Å². The Hall–Kier alpha value is -5.41. The van der Waals surface area contributed by atoms with E-state index in [9.17, 15) is 4.79 Å². The van der Waals surface area contributed by atoms with Gasteiger partial charge in [0.1, 0.15) is 24.1 Å². The summed E-state index contributed by atoms with van der Waals surface area (Å²) in [5, 5.41) is 0. The van der Waals surface area contributed by atoms with E-state index in [0.29, 0.717) is 16.7 Å². The normalized spacial score (nSPS) is 19.4. The molecule has 9 heteroatoms. The number of hydrogen-bond donors (Lipinski definition) is 1. The number of carbonyl (C=O) groups is 1. The number of halogens is 1. The standard InChI is InChI=1S/C37H32FN5O3/c38-36(23-45-35(44)26-13-5-1-6-14-26)21-31(43-25-42-32-33(39)40-24-41-34(32)43)30(36)22-46-37(27-15-7-2-8-16-27,28-17-9-3-10-18-28)29-19-11-4-12-20-29/h1-20,24-25,30-31H,21-23H2,(H2,39,40,41)/t30-,31+,36-/m0/s1. The Morgan fingerprint density at radius 3 is 1.93 bits per heavy atom. The predicted molar refractivity (Wildman–Crippen MR) is 173 cm³/mol. The Morgan fingerprint density at radius 1 is 0.826 bits per heavy atom. The lowest BCUT2D eigenvalue weighted by molar-refractivity contribution is -0.146. The highest BCUT2D eigenvalue weighted by molar-refractivity contribution is 5.89. The quantitative estimate of drug-likeness (QED) is 0.138. The number of carbonyl (C=O) groups excluding carboxylic acids is 1. The second-order valence-electron chi connectivity index (χ2n) is 11.5. The van der Waals surface area contributed by atoms with E-state index in [4.69, 9.17) is 15.2 Å². The highest BCUT2D eigenvalue weighted by atomic mass is 19.1. The molecule has 8 nitrogen and oxygen atoms in total. The second kappa shape index (κ2) is 12.2. The lowest BCUT2D eigenvalue weighted by Crippen LogP contribution is -2.57. The summed E-state index contributed by atoms with van der Waals surface area (Å²) >= 11 is 0. The molecule has 3 atom stereocenters. The number of nitrogens with zero attached hydrogens (tertiary/aromatic N) is 4. The molecule has 2 heterocycles. The van der Waals surface area contributed by atoms with E-state index >= 15 is 4.39 Å². The molecule has 0 bridgehead atoms. The van der Waals surface area contributed by atoms with Gasteiger partial charge in [0.2, 0.25) is 0 Å². The zero-order valence-corrected chi connectivity index (χ0v) is 24.9. The Kier molecular flexibility index (Phi) is 7.76. The van der Waals surface area contributed by atoms with Gasteiger partial charge in [0.05, 0.1) is 18.5 Å². The monoisotopic (exact) mass is 613 g/mol. The minimum Gasteiger partial charge on any atom is -0.459 e. The number of ether oxygens (including phenoxy) is 2. The number of nitrogen functional groups attached to an aromatic ring is 1. The molecule has 7 rings (SSSR count). The first-order valence-electron chi connectivity index (χ1n) is 15.1. The zero-order chi connectivity index (χ0) is 31.6. The maximum Gasteiger partial charge on any atom is 0.338 e. The lowest BCUT2D eigenvalue weighted by Gasteiger charge is -2.50. The van der Waals surface area contributed by atoms with E-state index in [1.165, 1.54) is 6.33 Å². The minimum atomic E-state index is -1.89. The van der Waals surface area contributed by atoms with Gasteiger partial charge in [0, 0.05) is 18.4 Å². The summed E-state index contributed by atoms with van der Waals surface area (Å²) in [5.41, 5.74) is 7.14. The SMILES string of the molecule is Nc1ncnc2c1ncn2[C@@H]1C[C@](F)(COC(=O)c2ccccc2)[C@H]1COC(c1ccccc1)(c1ccccc1)c1ccccc1. The van der Waals surface area contributed by atoms with Crippen LogP contribution in [-0.2, 0) is 15.1 Å². The van der Waals surface area contributed by atoms with Gasteiger partial charge in [0.25, 0.3) is 0 Å². The Balaban J connectivity index is 1.28. The van der Waals surface area contributed by atoms with Gasteiger partial charge in [-0.15, -0.1) is 0 Å². The average molecular weight is 614 g/mol. The third-order valence-electron chi connectivity index (χ3n) is 8.89. The molecule has 0 aliphatic heterocycles. The van der Waals surface area contributed by atoms with Gasteiger partial charge in [-0.3, -0.25) is 0 Å². The number of benzene rings is 4. The van der Waals surface area contributed by atoms with Crippen molar-refractivity contribution in [1.29, 1.82) is 0 Å². The summed E-state index contributed by atoms with van der Waals surface area (Å²) in [7, 11) is 0. The van der Waals surface area contributed by atoms with Crippen LogP contribution in [-0.4, -0.2) is 44.4 Å². The summed E-state index contributed by atoms with van der Waals surface area (Å²) in [6.45, 7) is -0.438. The van der Waals surface area contributed by atoms with Gasteiger partial charge in [-0.25, -0.2) is 24.1 Å². The number of imidazole rings is 1. The molecule has 1 aliphatic carbocycles. The fourth-order valence-electron chi connectivity index (χ4n) is 6.48. The van der Waals surface area contributed by atoms with Gasteiger partial charge < -0.3 is 19.8 Å². The van der Waals surface area contributed by atoms with E-state index in [2.05, 4.69) is 15.0 Å². The first kappa shape index (κ1) is 29.3. The summed E-state index contributed by atoms with van der Waals surface area (Å²) < 4.78 is 31.6. The van der Waals surface area contributed by atoms with Crippen LogP contribution in [0.3, 0.4) is 0 Å². The first-order chi connectivity index (χ1) is 22.5. The van der Waals surface area contributed by atoms with Crippen molar-refractivity contribution < 1.29 is 18.7 Å². The second-order valence-corrected chi connectivity index (χ2v) is 11.5. The zero-order valence-electron chi connectivity index (χ0n) is 24.9. The number of esters is 1. The highest BCUT2D eigenvalue weighted by Gasteiger charge is 2.58. The largest absolute Gasteiger partial charge is 0.459 e. The van der Waals surface area contributed by atoms with Gasteiger partial charge in [0.15, 0.2) is 17.1 Å². The minimum absolute atomic E-state index is 0.0109. The molecule has 0 spiro atoms. The fourth-order valence-corrected chi connectivity index (χ4v) is 6.48. The average Bonchev–Trinajstić information content (AvgIpc) is 3.54. The van der Waals surface area contributed by atoms with Gasteiger partial charge in [-0.1, -0.05) is 109 Å². The molecule has 0 radical (unpaired) electrons. The van der Waals surface area contributed by atoms with E-state index in [1.54, 1.807) is 30.6 Å². The molecular weight excluding hydrogens is 581 g/mol. The van der Waals surface area contributed by atoms with Crippen molar-refractivity contribution in [3.63, 3.8) is 0 Å². The molecule has 6 aromatic rings. The van der Waals surface area contributed by atoms with Crippen LogP contribution in [0.2, 0.25) is 0 Å². The number of anilines is 1. The van der Waals surface area contributed by atoms with Crippen LogP contribution in [0.1, 0.15) is 39.5 Å². The van der Waals surface area contributed by atoms with Crippen LogP contribution < -0.4 is 5.73 Å². The summed E-state index contributed by atoms with van der Waals surface area (Å²) in [6.07, 6.45) is 3.05. The number of hydrogen-bond acceptors (Lipinski definition) is 7. The number of aromatic nitrogens is 4. The molecule has 46 heavy (non-hydrogen) atoms. The van der Waals surface area contributed by atoms with Crippen LogP contribution in [0, 0.1) is 5.92 Å². The lowest BCUT2D eigenvalue weighted by atomic mass is 9.66. The van der Waals surface area contributed by atoms with Gasteiger partial charge in [-0.2, -0.15) is 0 Å². The molecule has 4 aromatic carbocycles. The maximum absolute atomic E-state index is 17.1. The smallest absolute Gasteiger partial charge is 0.338 e. The van der Waals surface area contributed by atoms with Gasteiger partial charge in [-0.05, 0) is 28.8 Å². The molecule has 230 valence electrons. The summed E-state index contributed by atoms with van der Waals surface area (Å²) in [6, 6.07) is 38.0. The molecule has 0 amide bonds. The fraction of sp³-hybridized carbons (Fsp3) is 0.189. The van der Waals surface area contributed by atoms with Crippen LogP contribution in [0.25, 0.3) is 11.2 Å². The highest BCUT2D eigenvalue weighted by Crippen LogP contribution is 2.53. The van der Waals surface area contributed by atoms with Crippen LogP contribution >= 0.6 is 0 Å². The number of fused-ring (bicyclic) bond motifs is 1. The molecule has 2 N–H and O–H groups in total. The third kappa shape index (κ3) is 5.18. The molecular formula is C37H32FN5O3. The van der Waals surface area contributed by atoms with E-state index in [-0.39, 0.29) is 18.8 Å². The molecule has 0 saturated heterocycles. The van der Waals surface area contributed by atoms with Crippen LogP contribution in [0.15, 0.2) is 134 Å². The van der Waals surface area contributed by atoms with Crippen LogP contribution in [0.4, 0.5) is 10.2 Å². The summed E-state index contributed by atoms with van der Waals surface area (Å²) in [5.74, 6) is -1.07. The maximum atomic E-state index is 17.1. The number of rotatable bonds is 10. The molecule has 1 aliphatic rings. The number of alkyl halides is 1. The van der Waals surface area contributed by atoms with Crippen molar-refractivity contribution >= 4 is 23.0 Å². The van der Waals surface area contributed by atoms with Gasteiger partial charge >= 0.3 is 5.97 Å². The Labute approximate surface area is 265 Å². The Bertz CT molecular complexity index is 1840. The van der Waals surface area contributed by atoms with E-state index in [1.807, 2.05) is 102 Å². The molecule has 1 saturated carbocycles. The summed E-state index contributed by atoms with van der Waals surface area (Å²) in [4.78, 5) is 25.8. The van der Waals surface area contributed by atoms with Crippen LogP contribution in [0.5, 0.6) is 0 Å². The van der Waals surface area contributed by atoms with E-state index < -0.39 is 35.8 Å². The first-order valence-corrected chi connectivity index (χ1v) is 15.1. The Morgan fingerprint density at radius 2 is 1.37 bits per heavy atom. The molecule has 2 aromatic heterocycles. The third-order valence-corrected chi connectivity index (χ3v) is 8.89. The van der Waals surface area contributed by atoms with Crippen molar-refractivity contribution in [2.75, 3.05) is 18.9 Å². The van der Waals surface area contributed by atoms with Crippen molar-refractivity contribution in [3.8, 4) is 0 Å².